The number of ether oxygens (including phenoxy) is 1. The van der Waals surface area contributed by atoms with Gasteiger partial charge >= 0.3 is 6.18 Å². The number of aromatic nitrogens is 1. The number of amides is 2. The van der Waals surface area contributed by atoms with E-state index in [1.165, 1.54) is 6.92 Å². The molecular weight excluding hydrogens is 487 g/mol. The number of morpholine rings is 1. The molecule has 198 valence electrons. The maximum atomic E-state index is 13.5. The molecular formula is C26H30F3N5O3. The fourth-order valence-corrected chi connectivity index (χ4v) is 5.55. The van der Waals surface area contributed by atoms with Gasteiger partial charge in [0.15, 0.2) is 0 Å². The molecule has 3 aliphatic heterocycles. The Morgan fingerprint density at radius 2 is 1.86 bits per heavy atom. The van der Waals surface area contributed by atoms with Gasteiger partial charge in [0.1, 0.15) is 11.9 Å². The third-order valence-electron chi connectivity index (χ3n) is 7.27. The number of anilines is 3. The van der Waals surface area contributed by atoms with Gasteiger partial charge in [-0.2, -0.15) is 13.2 Å². The van der Waals surface area contributed by atoms with Gasteiger partial charge in [-0.15, -0.1) is 0 Å². The van der Waals surface area contributed by atoms with Crippen LogP contribution >= 0.6 is 0 Å². The first-order valence-corrected chi connectivity index (χ1v) is 12.5. The molecule has 2 atom stereocenters. The monoisotopic (exact) mass is 517 g/mol. The Balaban J connectivity index is 1.50. The summed E-state index contributed by atoms with van der Waals surface area (Å²) in [5.74, 6) is -1.40. The lowest BCUT2D eigenvalue weighted by Crippen LogP contribution is -2.50. The second-order valence-electron chi connectivity index (χ2n) is 9.89. The van der Waals surface area contributed by atoms with E-state index < -0.39 is 35.5 Å². The largest absolute Gasteiger partial charge is 0.416 e. The molecule has 0 aliphatic carbocycles. The molecule has 1 aromatic carbocycles. The average Bonchev–Trinajstić information content (AvgIpc) is 3.16. The Kier molecular flexibility index (Phi) is 6.84. The fourth-order valence-electron chi connectivity index (χ4n) is 5.55. The van der Waals surface area contributed by atoms with Crippen molar-refractivity contribution in [1.29, 1.82) is 0 Å². The van der Waals surface area contributed by atoms with Crippen LogP contribution in [0.5, 0.6) is 0 Å². The Hall–Kier alpha value is -3.18. The number of para-hydroxylation sites is 1. The highest BCUT2D eigenvalue weighted by Gasteiger charge is 2.48. The summed E-state index contributed by atoms with van der Waals surface area (Å²) in [6.45, 7) is 8.34. The first-order valence-electron chi connectivity index (χ1n) is 12.5. The molecule has 2 saturated heterocycles. The summed E-state index contributed by atoms with van der Waals surface area (Å²) < 4.78 is 46.0. The van der Waals surface area contributed by atoms with Crippen molar-refractivity contribution in [3.63, 3.8) is 0 Å². The molecule has 5 rings (SSSR count). The second-order valence-corrected chi connectivity index (χ2v) is 9.89. The molecule has 0 radical (unpaired) electrons. The topological polar surface area (TPSA) is 78.0 Å². The summed E-state index contributed by atoms with van der Waals surface area (Å²) in [7, 11) is 0. The number of hydrogen-bond acceptors (Lipinski definition) is 6. The molecule has 0 spiro atoms. The summed E-state index contributed by atoms with van der Waals surface area (Å²) in [5, 5.41) is 2.96. The van der Waals surface area contributed by atoms with Crippen LogP contribution in [0.1, 0.15) is 23.2 Å². The van der Waals surface area contributed by atoms with Crippen LogP contribution in [0, 0.1) is 19.8 Å². The van der Waals surface area contributed by atoms with Crippen molar-refractivity contribution < 1.29 is 27.5 Å². The first kappa shape index (κ1) is 25.5. The Bertz CT molecular complexity index is 1200. The number of carbonyl (C=O) groups excluding carboxylic acids is 2. The van der Waals surface area contributed by atoms with Gasteiger partial charge in [0.05, 0.1) is 30.2 Å². The molecule has 2 aromatic rings. The van der Waals surface area contributed by atoms with E-state index in [0.29, 0.717) is 32.0 Å². The van der Waals surface area contributed by atoms with E-state index in [9.17, 15) is 22.8 Å². The van der Waals surface area contributed by atoms with Crippen LogP contribution in [-0.4, -0.2) is 73.7 Å². The van der Waals surface area contributed by atoms with E-state index >= 15 is 0 Å². The molecule has 2 fully saturated rings. The predicted molar refractivity (Wildman–Crippen MR) is 133 cm³/mol. The fraction of sp³-hybridized carbons (Fsp3) is 0.500. The normalized spacial score (nSPS) is 22.8. The number of benzene rings is 1. The van der Waals surface area contributed by atoms with Crippen molar-refractivity contribution in [1.82, 2.24) is 9.88 Å². The molecule has 0 saturated carbocycles. The van der Waals surface area contributed by atoms with Crippen LogP contribution in [0.15, 0.2) is 30.3 Å². The quantitative estimate of drug-likeness (QED) is 0.671. The van der Waals surface area contributed by atoms with Crippen LogP contribution in [0.25, 0.3) is 0 Å². The van der Waals surface area contributed by atoms with Gasteiger partial charge in [-0.25, -0.2) is 4.98 Å². The predicted octanol–water partition coefficient (Wildman–Crippen LogP) is 3.23. The molecule has 0 bridgehead atoms. The Morgan fingerprint density at radius 1 is 1.11 bits per heavy atom. The molecule has 2 amide bonds. The minimum Gasteiger partial charge on any atom is -0.379 e. The van der Waals surface area contributed by atoms with E-state index in [0.717, 1.165) is 47.9 Å². The second kappa shape index (κ2) is 9.94. The number of pyridine rings is 1. The van der Waals surface area contributed by atoms with Gasteiger partial charge < -0.3 is 15.0 Å². The minimum atomic E-state index is -4.60. The Labute approximate surface area is 213 Å². The number of aryl methyl sites for hydroxylation is 2. The number of fused-ring (bicyclic) bond motifs is 2. The lowest BCUT2D eigenvalue weighted by molar-refractivity contribution is -0.137. The zero-order valence-electron chi connectivity index (χ0n) is 20.8. The average molecular weight is 518 g/mol. The van der Waals surface area contributed by atoms with Gasteiger partial charge in [0.2, 0.25) is 11.8 Å². The highest BCUT2D eigenvalue weighted by Crippen LogP contribution is 2.39. The van der Waals surface area contributed by atoms with Crippen molar-refractivity contribution in [2.75, 3.05) is 61.1 Å². The lowest BCUT2D eigenvalue weighted by Gasteiger charge is -2.38. The highest BCUT2D eigenvalue weighted by molar-refractivity contribution is 6.09. The van der Waals surface area contributed by atoms with Crippen LogP contribution in [0.4, 0.5) is 30.4 Å². The smallest absolute Gasteiger partial charge is 0.379 e. The van der Waals surface area contributed by atoms with E-state index in [2.05, 4.69) is 20.1 Å². The van der Waals surface area contributed by atoms with Gasteiger partial charge in [-0.3, -0.25) is 19.4 Å². The number of rotatable bonds is 4. The first-order chi connectivity index (χ1) is 17.6. The summed E-state index contributed by atoms with van der Waals surface area (Å²) in [6, 6.07) is 6.47. The van der Waals surface area contributed by atoms with Crippen LogP contribution in [0.2, 0.25) is 0 Å². The zero-order valence-corrected chi connectivity index (χ0v) is 20.8. The number of nitrogens with zero attached hydrogens (tertiary/aromatic N) is 4. The molecule has 3 aliphatic rings. The van der Waals surface area contributed by atoms with E-state index in [1.807, 2.05) is 25.1 Å². The third-order valence-corrected chi connectivity index (χ3v) is 7.27. The standard InChI is InChI=1S/C26H30F3N5O3/c1-16-4-3-5-20-23(16)33(7-6-32-8-10-37-11-9-32)15-18-13-22(35)34(24(18)25(36)31-20)21-14-19(26(27,28)29)12-17(2)30-21/h3-5,12,14,18,24H,6-11,13,15H2,1-2H3,(H,31,36)/t18?,24-/m0/s1. The molecule has 4 heterocycles. The van der Waals surface area contributed by atoms with Crippen LogP contribution in [0.3, 0.4) is 0 Å². The van der Waals surface area contributed by atoms with Crippen molar-refractivity contribution in [2.24, 2.45) is 5.92 Å². The maximum absolute atomic E-state index is 13.5. The molecule has 1 N–H and O–H groups in total. The molecule has 37 heavy (non-hydrogen) atoms. The number of nitrogens with one attached hydrogen (secondary N) is 1. The third kappa shape index (κ3) is 5.15. The van der Waals surface area contributed by atoms with Crippen molar-refractivity contribution in [3.05, 3.63) is 47.2 Å². The SMILES string of the molecule is Cc1cc(C(F)(F)F)cc(N2C(=O)CC3CN(CCN4CCOCC4)c4c(C)cccc4NC(=O)[C@H]32)n1. The van der Waals surface area contributed by atoms with Crippen LogP contribution in [-0.2, 0) is 20.5 Å². The molecule has 8 nitrogen and oxygen atoms in total. The van der Waals surface area contributed by atoms with Gasteiger partial charge in [0, 0.05) is 50.8 Å². The van der Waals surface area contributed by atoms with Gasteiger partial charge in [-0.05, 0) is 37.6 Å². The highest BCUT2D eigenvalue weighted by atomic mass is 19.4. The number of carbonyl (C=O) groups is 2. The van der Waals surface area contributed by atoms with Gasteiger partial charge in [-0.1, -0.05) is 12.1 Å². The summed E-state index contributed by atoms with van der Waals surface area (Å²) >= 11 is 0. The number of alkyl halides is 3. The number of halogens is 3. The molecule has 11 heteroatoms. The van der Waals surface area contributed by atoms with Crippen molar-refractivity contribution >= 4 is 29.0 Å². The Morgan fingerprint density at radius 3 is 2.59 bits per heavy atom. The summed E-state index contributed by atoms with van der Waals surface area (Å²) in [5.41, 5.74) is 1.75. The van der Waals surface area contributed by atoms with Crippen molar-refractivity contribution in [2.45, 2.75) is 32.5 Å². The summed E-state index contributed by atoms with van der Waals surface area (Å²) in [6.07, 6.45) is -4.55. The molecule has 1 unspecified atom stereocenters. The summed E-state index contributed by atoms with van der Waals surface area (Å²) in [4.78, 5) is 36.6. The van der Waals surface area contributed by atoms with Crippen LogP contribution < -0.4 is 15.1 Å². The van der Waals surface area contributed by atoms with E-state index in [1.54, 1.807) is 0 Å². The number of hydrogen-bond donors (Lipinski definition) is 1. The van der Waals surface area contributed by atoms with Crippen molar-refractivity contribution in [3.8, 4) is 0 Å². The maximum Gasteiger partial charge on any atom is 0.416 e. The minimum absolute atomic E-state index is 0.0460. The molecule has 1 aromatic heterocycles. The van der Waals surface area contributed by atoms with E-state index in [4.69, 9.17) is 4.74 Å². The van der Waals surface area contributed by atoms with E-state index in [-0.39, 0.29) is 17.9 Å². The van der Waals surface area contributed by atoms with Gasteiger partial charge in [0.25, 0.3) is 0 Å². The zero-order chi connectivity index (χ0) is 26.3. The lowest BCUT2D eigenvalue weighted by atomic mass is 9.95.